The Hall–Kier alpha value is -2.11. The van der Waals surface area contributed by atoms with Crippen molar-refractivity contribution >= 4 is 40.3 Å². The summed E-state index contributed by atoms with van der Waals surface area (Å²) < 4.78 is 0. The zero-order chi connectivity index (χ0) is 18.3. The van der Waals surface area contributed by atoms with Gasteiger partial charge in [0.25, 0.3) is 5.91 Å². The molecular formula is C19H18ClNO3S. The number of hydrogen-bond acceptors (Lipinski definition) is 4. The van der Waals surface area contributed by atoms with Gasteiger partial charge in [0, 0.05) is 21.5 Å². The summed E-state index contributed by atoms with van der Waals surface area (Å²) in [4.78, 5) is 27.8. The van der Waals surface area contributed by atoms with Gasteiger partial charge in [-0.2, -0.15) is 0 Å². The molecular weight excluding hydrogens is 358 g/mol. The van der Waals surface area contributed by atoms with E-state index in [0.717, 1.165) is 10.4 Å². The molecule has 0 radical (unpaired) electrons. The standard InChI is InChI=1S/C19H18ClNO3S/c1-10(2)17(22)15-16(14-8-5-9-25-14)21(19(24)18(15)23)13-7-4-6-12(20)11(13)3/h4-10,16,23H,1-3H3. The average Bonchev–Trinajstić information content (AvgIpc) is 3.18. The topological polar surface area (TPSA) is 57.6 Å². The van der Waals surface area contributed by atoms with E-state index in [-0.39, 0.29) is 17.3 Å². The van der Waals surface area contributed by atoms with Gasteiger partial charge in [-0.3, -0.25) is 14.5 Å². The van der Waals surface area contributed by atoms with Crippen molar-refractivity contribution < 1.29 is 14.7 Å². The number of benzene rings is 1. The molecule has 130 valence electrons. The van der Waals surface area contributed by atoms with Crippen molar-refractivity contribution in [3.05, 3.63) is 62.5 Å². The lowest BCUT2D eigenvalue weighted by Gasteiger charge is -2.27. The van der Waals surface area contributed by atoms with Crippen LogP contribution in [0.3, 0.4) is 0 Å². The number of carbonyl (C=O) groups excluding carboxylic acids is 2. The summed E-state index contributed by atoms with van der Waals surface area (Å²) in [6.07, 6.45) is 0. The summed E-state index contributed by atoms with van der Waals surface area (Å²) in [5.74, 6) is -1.61. The van der Waals surface area contributed by atoms with Crippen LogP contribution < -0.4 is 4.90 Å². The van der Waals surface area contributed by atoms with E-state index in [9.17, 15) is 14.7 Å². The summed E-state index contributed by atoms with van der Waals surface area (Å²) in [6, 6.07) is 8.36. The number of anilines is 1. The molecule has 3 rings (SSSR count). The van der Waals surface area contributed by atoms with Crippen LogP contribution >= 0.6 is 22.9 Å². The number of nitrogens with zero attached hydrogens (tertiary/aromatic N) is 1. The Balaban J connectivity index is 2.21. The zero-order valence-corrected chi connectivity index (χ0v) is 15.7. The summed E-state index contributed by atoms with van der Waals surface area (Å²) in [7, 11) is 0. The Morgan fingerprint density at radius 1 is 1.28 bits per heavy atom. The SMILES string of the molecule is Cc1c(Cl)cccc1N1C(=O)C(O)=C(C(=O)C(C)C)C1c1cccs1. The first-order chi connectivity index (χ1) is 11.8. The Labute approximate surface area is 155 Å². The van der Waals surface area contributed by atoms with Crippen LogP contribution in [0.25, 0.3) is 0 Å². The van der Waals surface area contributed by atoms with Crippen molar-refractivity contribution in [3.63, 3.8) is 0 Å². The van der Waals surface area contributed by atoms with E-state index in [2.05, 4.69) is 0 Å². The number of ketones is 1. The number of Topliss-reactive ketones (excluding diaryl/α,β-unsaturated/α-hetero) is 1. The van der Waals surface area contributed by atoms with Gasteiger partial charge in [0.15, 0.2) is 11.5 Å². The maximum atomic E-state index is 12.8. The fourth-order valence-corrected chi connectivity index (χ4v) is 3.98. The average molecular weight is 376 g/mol. The molecule has 1 N–H and O–H groups in total. The molecule has 0 fully saturated rings. The van der Waals surface area contributed by atoms with E-state index in [1.54, 1.807) is 32.0 Å². The predicted molar refractivity (Wildman–Crippen MR) is 100 cm³/mol. The Bertz CT molecular complexity index is 871. The number of rotatable bonds is 4. The van der Waals surface area contributed by atoms with Gasteiger partial charge in [0.1, 0.15) is 6.04 Å². The molecule has 0 bridgehead atoms. The number of carbonyl (C=O) groups is 2. The summed E-state index contributed by atoms with van der Waals surface area (Å²) >= 11 is 7.66. The van der Waals surface area contributed by atoms with Gasteiger partial charge >= 0.3 is 0 Å². The fourth-order valence-electron chi connectivity index (χ4n) is 2.99. The molecule has 1 aliphatic heterocycles. The van der Waals surface area contributed by atoms with Gasteiger partial charge in [0.2, 0.25) is 0 Å². The van der Waals surface area contributed by atoms with Crippen LogP contribution in [0.5, 0.6) is 0 Å². The molecule has 0 spiro atoms. The quantitative estimate of drug-likeness (QED) is 0.832. The van der Waals surface area contributed by atoms with Gasteiger partial charge < -0.3 is 5.11 Å². The van der Waals surface area contributed by atoms with E-state index in [1.165, 1.54) is 16.2 Å². The highest BCUT2D eigenvalue weighted by Crippen LogP contribution is 2.44. The second-order valence-electron chi connectivity index (χ2n) is 6.26. The van der Waals surface area contributed by atoms with Crippen molar-refractivity contribution in [2.45, 2.75) is 26.8 Å². The maximum absolute atomic E-state index is 12.8. The second-order valence-corrected chi connectivity index (χ2v) is 7.64. The summed E-state index contributed by atoms with van der Waals surface area (Å²) in [5.41, 5.74) is 1.47. The summed E-state index contributed by atoms with van der Waals surface area (Å²) in [5, 5.41) is 12.9. The molecule has 25 heavy (non-hydrogen) atoms. The molecule has 1 aromatic carbocycles. The van der Waals surface area contributed by atoms with E-state index in [4.69, 9.17) is 11.6 Å². The highest BCUT2D eigenvalue weighted by molar-refractivity contribution is 7.10. The smallest absolute Gasteiger partial charge is 0.294 e. The number of amides is 1. The number of aliphatic hydroxyl groups excluding tert-OH is 1. The minimum absolute atomic E-state index is 0.154. The number of hydrogen-bond donors (Lipinski definition) is 1. The van der Waals surface area contributed by atoms with Crippen LogP contribution in [0.2, 0.25) is 5.02 Å². The van der Waals surface area contributed by atoms with Crippen LogP contribution in [0.4, 0.5) is 5.69 Å². The molecule has 1 amide bonds. The first-order valence-electron chi connectivity index (χ1n) is 7.94. The van der Waals surface area contributed by atoms with E-state index < -0.39 is 17.7 Å². The zero-order valence-electron chi connectivity index (χ0n) is 14.1. The van der Waals surface area contributed by atoms with E-state index >= 15 is 0 Å². The Morgan fingerprint density at radius 2 is 2.00 bits per heavy atom. The maximum Gasteiger partial charge on any atom is 0.294 e. The summed E-state index contributed by atoms with van der Waals surface area (Å²) in [6.45, 7) is 5.33. The molecule has 1 aliphatic rings. The first-order valence-corrected chi connectivity index (χ1v) is 9.19. The van der Waals surface area contributed by atoms with Crippen LogP contribution in [0, 0.1) is 12.8 Å². The van der Waals surface area contributed by atoms with Crippen molar-refractivity contribution in [3.8, 4) is 0 Å². The van der Waals surface area contributed by atoms with E-state index in [0.29, 0.717) is 10.7 Å². The van der Waals surface area contributed by atoms with Crippen molar-refractivity contribution in [1.29, 1.82) is 0 Å². The lowest BCUT2D eigenvalue weighted by Crippen LogP contribution is -2.31. The Kier molecular flexibility index (Phi) is 4.71. The van der Waals surface area contributed by atoms with Gasteiger partial charge in [-0.1, -0.05) is 37.6 Å². The van der Waals surface area contributed by atoms with Gasteiger partial charge in [0.05, 0.1) is 5.57 Å². The first kappa shape index (κ1) is 17.7. The molecule has 1 unspecified atom stereocenters. The third kappa shape index (κ3) is 2.87. The third-order valence-corrected chi connectivity index (χ3v) is 5.64. The predicted octanol–water partition coefficient (Wildman–Crippen LogP) is 4.84. The van der Waals surface area contributed by atoms with Gasteiger partial charge in [-0.15, -0.1) is 11.3 Å². The molecule has 0 aliphatic carbocycles. The molecule has 2 aromatic rings. The van der Waals surface area contributed by atoms with Crippen molar-refractivity contribution in [2.75, 3.05) is 4.90 Å². The molecule has 6 heteroatoms. The van der Waals surface area contributed by atoms with Crippen LogP contribution in [-0.2, 0) is 9.59 Å². The number of halogens is 1. The fraction of sp³-hybridized carbons (Fsp3) is 0.263. The van der Waals surface area contributed by atoms with Crippen molar-refractivity contribution in [2.24, 2.45) is 5.92 Å². The highest BCUT2D eigenvalue weighted by Gasteiger charge is 2.45. The third-order valence-electron chi connectivity index (χ3n) is 4.31. The molecule has 1 aromatic heterocycles. The number of thiophene rings is 1. The minimum atomic E-state index is -0.639. The molecule has 1 atom stereocenters. The van der Waals surface area contributed by atoms with Crippen LogP contribution in [0.1, 0.15) is 30.3 Å². The highest BCUT2D eigenvalue weighted by atomic mass is 35.5. The lowest BCUT2D eigenvalue weighted by molar-refractivity contribution is -0.119. The normalized spacial score (nSPS) is 17.7. The molecule has 0 saturated heterocycles. The van der Waals surface area contributed by atoms with Crippen LogP contribution in [0.15, 0.2) is 47.0 Å². The van der Waals surface area contributed by atoms with Crippen LogP contribution in [-0.4, -0.2) is 16.8 Å². The minimum Gasteiger partial charge on any atom is -0.503 e. The Morgan fingerprint density at radius 3 is 2.60 bits per heavy atom. The number of aliphatic hydroxyl groups is 1. The lowest BCUT2D eigenvalue weighted by atomic mass is 9.94. The second kappa shape index (κ2) is 6.65. The molecule has 4 nitrogen and oxygen atoms in total. The molecule has 0 saturated carbocycles. The van der Waals surface area contributed by atoms with Gasteiger partial charge in [-0.05, 0) is 36.1 Å². The van der Waals surface area contributed by atoms with Gasteiger partial charge in [-0.25, -0.2) is 0 Å². The largest absolute Gasteiger partial charge is 0.503 e. The van der Waals surface area contributed by atoms with Crippen molar-refractivity contribution in [1.82, 2.24) is 0 Å². The monoisotopic (exact) mass is 375 g/mol. The van der Waals surface area contributed by atoms with E-state index in [1.807, 2.05) is 24.4 Å². The molecule has 2 heterocycles.